The summed E-state index contributed by atoms with van der Waals surface area (Å²) in [5, 5.41) is 0. The number of halogens is 1. The molecule has 0 fully saturated rings. The van der Waals surface area contributed by atoms with Crippen molar-refractivity contribution >= 4 is 22.6 Å². The van der Waals surface area contributed by atoms with Crippen LogP contribution in [-0.4, -0.2) is 0 Å². The lowest BCUT2D eigenvalue weighted by molar-refractivity contribution is 0.511. The Labute approximate surface area is 104 Å². The molecule has 0 aliphatic heterocycles. The minimum absolute atomic E-state index is 0.793. The molecule has 0 aromatic heterocycles. The molecule has 0 saturated carbocycles. The van der Waals surface area contributed by atoms with Gasteiger partial charge < -0.3 is 9.05 Å². The quantitative estimate of drug-likeness (QED) is 0.757. The van der Waals surface area contributed by atoms with Crippen LogP contribution in [0, 0.1) is 0 Å². The first-order chi connectivity index (χ1) is 7.84. The minimum Gasteiger partial charge on any atom is -0.431 e. The maximum absolute atomic E-state index is 5.58. The Balaban J connectivity index is 1.92. The molecular formula is C12H10BrO2P. The maximum atomic E-state index is 5.58. The molecule has 0 saturated heterocycles. The Hall–Kier alpha value is -1.05. The van der Waals surface area contributed by atoms with Crippen molar-refractivity contribution in [2.75, 3.05) is 0 Å². The fraction of sp³-hybridized carbons (Fsp3) is 0. The second-order valence-corrected chi connectivity index (χ2v) is 5.55. The molecule has 2 aromatic rings. The van der Waals surface area contributed by atoms with Crippen LogP contribution in [0.3, 0.4) is 0 Å². The highest BCUT2D eigenvalue weighted by Crippen LogP contribution is 2.46. The van der Waals surface area contributed by atoms with Crippen molar-refractivity contribution < 1.29 is 9.05 Å². The van der Waals surface area contributed by atoms with E-state index in [0.29, 0.717) is 0 Å². The first-order valence-electron chi connectivity index (χ1n) is 4.76. The average Bonchev–Trinajstić information content (AvgIpc) is 2.31. The van der Waals surface area contributed by atoms with E-state index in [0.717, 1.165) is 11.5 Å². The topological polar surface area (TPSA) is 18.5 Å². The van der Waals surface area contributed by atoms with Crippen molar-refractivity contribution in [3.8, 4) is 11.5 Å². The summed E-state index contributed by atoms with van der Waals surface area (Å²) < 4.78 is 11.2. The smallest absolute Gasteiger partial charge is 0.368 e. The van der Waals surface area contributed by atoms with Crippen LogP contribution < -0.4 is 9.05 Å². The van der Waals surface area contributed by atoms with Gasteiger partial charge in [-0.25, -0.2) is 0 Å². The highest BCUT2D eigenvalue weighted by atomic mass is 79.9. The molecule has 0 unspecified atom stereocenters. The second kappa shape index (κ2) is 5.88. The number of hydrogen-bond acceptors (Lipinski definition) is 2. The lowest BCUT2D eigenvalue weighted by Gasteiger charge is -2.12. The summed E-state index contributed by atoms with van der Waals surface area (Å²) in [7, 11) is -1.12. The molecule has 2 rings (SSSR count). The van der Waals surface area contributed by atoms with Gasteiger partial charge in [0.1, 0.15) is 11.5 Å². The van der Waals surface area contributed by atoms with Gasteiger partial charge in [0.15, 0.2) is 0 Å². The first kappa shape index (κ1) is 11.4. The van der Waals surface area contributed by atoms with Gasteiger partial charge in [-0.2, -0.15) is 0 Å². The van der Waals surface area contributed by atoms with Crippen LogP contribution in [0.5, 0.6) is 11.5 Å². The number of hydrogen-bond donors (Lipinski definition) is 0. The molecule has 4 heteroatoms. The number of benzene rings is 2. The molecule has 0 atom stereocenters. The van der Waals surface area contributed by atoms with E-state index >= 15 is 0 Å². The van der Waals surface area contributed by atoms with Crippen LogP contribution in [0.15, 0.2) is 60.7 Å². The van der Waals surface area contributed by atoms with E-state index in [4.69, 9.17) is 9.05 Å². The lowest BCUT2D eigenvalue weighted by Crippen LogP contribution is -1.89. The largest absolute Gasteiger partial charge is 0.431 e. The minimum atomic E-state index is -1.12. The summed E-state index contributed by atoms with van der Waals surface area (Å²) in [6.45, 7) is 0. The molecule has 16 heavy (non-hydrogen) atoms. The van der Waals surface area contributed by atoms with Crippen molar-refractivity contribution in [2.24, 2.45) is 0 Å². The van der Waals surface area contributed by atoms with Crippen molar-refractivity contribution in [3.05, 3.63) is 60.7 Å². The Morgan fingerprint density at radius 1 is 0.688 bits per heavy atom. The zero-order valence-corrected chi connectivity index (χ0v) is 10.9. The highest BCUT2D eigenvalue weighted by molar-refractivity contribution is 9.38. The molecule has 82 valence electrons. The number of para-hydroxylation sites is 2. The van der Waals surface area contributed by atoms with E-state index in [-0.39, 0.29) is 0 Å². The fourth-order valence-corrected chi connectivity index (χ4v) is 2.76. The predicted molar refractivity (Wildman–Crippen MR) is 70.0 cm³/mol. The van der Waals surface area contributed by atoms with E-state index in [1.54, 1.807) is 0 Å². The van der Waals surface area contributed by atoms with Crippen molar-refractivity contribution in [2.45, 2.75) is 0 Å². The summed E-state index contributed by atoms with van der Waals surface area (Å²) in [6, 6.07) is 19.2. The van der Waals surface area contributed by atoms with Crippen LogP contribution in [0.2, 0.25) is 0 Å². The predicted octanol–water partition coefficient (Wildman–Crippen LogP) is 4.77. The molecule has 0 spiro atoms. The maximum Gasteiger partial charge on any atom is 0.368 e. The molecule has 0 radical (unpaired) electrons. The molecule has 0 heterocycles. The average molecular weight is 297 g/mol. The van der Waals surface area contributed by atoms with Crippen LogP contribution in [0.4, 0.5) is 0 Å². The molecule has 0 N–H and O–H groups in total. The molecule has 2 nitrogen and oxygen atoms in total. The van der Waals surface area contributed by atoms with E-state index in [9.17, 15) is 0 Å². The second-order valence-electron chi connectivity index (χ2n) is 3.02. The monoisotopic (exact) mass is 296 g/mol. The highest BCUT2D eigenvalue weighted by Gasteiger charge is 2.09. The molecule has 2 aromatic carbocycles. The summed E-state index contributed by atoms with van der Waals surface area (Å²) in [4.78, 5) is 0. The van der Waals surface area contributed by atoms with E-state index in [2.05, 4.69) is 15.5 Å². The van der Waals surface area contributed by atoms with Crippen LogP contribution in [0.25, 0.3) is 0 Å². The Kier molecular flexibility index (Phi) is 4.20. The van der Waals surface area contributed by atoms with Gasteiger partial charge in [-0.1, -0.05) is 36.4 Å². The van der Waals surface area contributed by atoms with Crippen molar-refractivity contribution in [1.29, 1.82) is 0 Å². The summed E-state index contributed by atoms with van der Waals surface area (Å²) >= 11 is 3.37. The summed E-state index contributed by atoms with van der Waals surface area (Å²) in [5.41, 5.74) is 0. The molecule has 0 aliphatic rings. The summed E-state index contributed by atoms with van der Waals surface area (Å²) in [6.07, 6.45) is 0. The van der Waals surface area contributed by atoms with Crippen molar-refractivity contribution in [3.63, 3.8) is 0 Å². The third kappa shape index (κ3) is 3.51. The van der Waals surface area contributed by atoms with E-state index in [1.807, 2.05) is 60.7 Å². The van der Waals surface area contributed by atoms with Crippen LogP contribution in [-0.2, 0) is 0 Å². The Bertz CT molecular complexity index is 380. The molecule has 0 bridgehead atoms. The van der Waals surface area contributed by atoms with Crippen molar-refractivity contribution in [1.82, 2.24) is 0 Å². The third-order valence-electron chi connectivity index (χ3n) is 1.84. The number of rotatable bonds is 4. The zero-order valence-electron chi connectivity index (χ0n) is 8.42. The van der Waals surface area contributed by atoms with Crippen LogP contribution >= 0.6 is 22.6 Å². The SMILES string of the molecule is BrP(Oc1ccccc1)Oc1ccccc1. The Morgan fingerprint density at radius 2 is 1.06 bits per heavy atom. The molecular weight excluding hydrogens is 287 g/mol. The van der Waals surface area contributed by atoms with Gasteiger partial charge >= 0.3 is 7.08 Å². The van der Waals surface area contributed by atoms with Gasteiger partial charge in [0.05, 0.1) is 0 Å². The fourth-order valence-electron chi connectivity index (χ4n) is 1.15. The normalized spacial score (nSPS) is 10.1. The third-order valence-corrected chi connectivity index (χ3v) is 3.42. The lowest BCUT2D eigenvalue weighted by atomic mass is 10.3. The first-order valence-corrected chi connectivity index (χ1v) is 7.96. The van der Waals surface area contributed by atoms with Gasteiger partial charge in [0.25, 0.3) is 0 Å². The summed E-state index contributed by atoms with van der Waals surface area (Å²) in [5.74, 6) is 1.59. The van der Waals surface area contributed by atoms with Gasteiger partial charge in [-0.3, -0.25) is 0 Å². The molecule has 0 amide bonds. The van der Waals surface area contributed by atoms with Gasteiger partial charge in [0, 0.05) is 15.5 Å². The Morgan fingerprint density at radius 3 is 1.44 bits per heavy atom. The van der Waals surface area contributed by atoms with Crippen LogP contribution in [0.1, 0.15) is 0 Å². The van der Waals surface area contributed by atoms with Gasteiger partial charge in [-0.05, 0) is 24.3 Å². The molecule has 0 aliphatic carbocycles. The van der Waals surface area contributed by atoms with E-state index < -0.39 is 7.08 Å². The van der Waals surface area contributed by atoms with Gasteiger partial charge in [0.2, 0.25) is 0 Å². The standard InChI is InChI=1S/C12H10BrO2P/c13-16(14-11-7-3-1-4-8-11)15-12-9-5-2-6-10-12/h1-10H. The van der Waals surface area contributed by atoms with E-state index in [1.165, 1.54) is 0 Å². The van der Waals surface area contributed by atoms with Gasteiger partial charge in [-0.15, -0.1) is 0 Å². The zero-order chi connectivity index (χ0) is 11.2.